The summed E-state index contributed by atoms with van der Waals surface area (Å²) in [5.41, 5.74) is 8.87. The van der Waals surface area contributed by atoms with Gasteiger partial charge in [-0.05, 0) is 30.9 Å². The molecule has 0 bridgehead atoms. The first-order valence-electron chi connectivity index (χ1n) is 6.03. The average molecular weight is 265 g/mol. The Morgan fingerprint density at radius 3 is 3.00 bits per heavy atom. The Kier molecular flexibility index (Phi) is 3.13. The van der Waals surface area contributed by atoms with Crippen LogP contribution < -0.4 is 5.73 Å². The van der Waals surface area contributed by atoms with Crippen molar-refractivity contribution in [1.29, 1.82) is 0 Å². The van der Waals surface area contributed by atoms with Crippen LogP contribution in [0, 0.1) is 0 Å². The topological polar surface area (TPSA) is 80.7 Å². The van der Waals surface area contributed by atoms with Gasteiger partial charge in [-0.3, -0.25) is 0 Å². The van der Waals surface area contributed by atoms with Crippen LogP contribution in [0.2, 0.25) is 0 Å². The standard InChI is InChI=1S/C12H15N3O2S/c13-11(15-16)9-4-7-2-1-3-10(7)14-12(9)18-8-5-17-6-8/h4,8,16H,1-3,5-6H2,(H2,13,15). The van der Waals surface area contributed by atoms with Crippen molar-refractivity contribution in [3.05, 3.63) is 22.9 Å². The van der Waals surface area contributed by atoms with Gasteiger partial charge in [0.25, 0.3) is 0 Å². The summed E-state index contributed by atoms with van der Waals surface area (Å²) in [5, 5.41) is 13.3. The number of nitrogens with zero attached hydrogens (tertiary/aromatic N) is 2. The van der Waals surface area contributed by atoms with Crippen molar-refractivity contribution < 1.29 is 9.94 Å². The molecule has 0 atom stereocenters. The van der Waals surface area contributed by atoms with Gasteiger partial charge in [-0.2, -0.15) is 0 Å². The molecule has 1 saturated heterocycles. The Bertz CT molecular complexity index is 500. The Morgan fingerprint density at radius 2 is 2.33 bits per heavy atom. The number of aryl methyl sites for hydroxylation is 2. The third-order valence-electron chi connectivity index (χ3n) is 3.29. The summed E-state index contributed by atoms with van der Waals surface area (Å²) in [5.74, 6) is 0.139. The smallest absolute Gasteiger partial charge is 0.172 e. The molecule has 1 aromatic heterocycles. The molecule has 2 heterocycles. The van der Waals surface area contributed by atoms with Crippen molar-refractivity contribution in [3.63, 3.8) is 0 Å². The van der Waals surface area contributed by atoms with Crippen molar-refractivity contribution in [2.24, 2.45) is 10.9 Å². The van der Waals surface area contributed by atoms with Gasteiger partial charge < -0.3 is 15.7 Å². The number of amidine groups is 1. The molecule has 0 saturated carbocycles. The largest absolute Gasteiger partial charge is 0.409 e. The number of oxime groups is 1. The minimum absolute atomic E-state index is 0.139. The van der Waals surface area contributed by atoms with E-state index in [1.165, 1.54) is 5.56 Å². The van der Waals surface area contributed by atoms with Crippen LogP contribution >= 0.6 is 11.8 Å². The van der Waals surface area contributed by atoms with E-state index in [4.69, 9.17) is 15.7 Å². The average Bonchev–Trinajstić information content (AvgIpc) is 2.78. The molecular weight excluding hydrogens is 250 g/mol. The van der Waals surface area contributed by atoms with E-state index in [0.29, 0.717) is 5.25 Å². The van der Waals surface area contributed by atoms with E-state index < -0.39 is 0 Å². The van der Waals surface area contributed by atoms with E-state index in [-0.39, 0.29) is 5.84 Å². The Hall–Kier alpha value is -1.27. The Balaban J connectivity index is 1.97. The molecule has 5 nitrogen and oxygen atoms in total. The van der Waals surface area contributed by atoms with Crippen LogP contribution in [-0.2, 0) is 17.6 Å². The molecule has 0 radical (unpaired) electrons. The maximum absolute atomic E-state index is 8.87. The fourth-order valence-corrected chi connectivity index (χ4v) is 3.32. The summed E-state index contributed by atoms with van der Waals surface area (Å²) in [6.07, 6.45) is 3.20. The molecule has 1 aliphatic heterocycles. The Labute approximate surface area is 109 Å². The molecule has 0 unspecified atom stereocenters. The first kappa shape index (κ1) is 11.8. The molecule has 6 heteroatoms. The van der Waals surface area contributed by atoms with Crippen LogP contribution in [0.5, 0.6) is 0 Å². The second-order valence-electron chi connectivity index (χ2n) is 4.56. The number of thioether (sulfide) groups is 1. The van der Waals surface area contributed by atoms with Gasteiger partial charge in [0.1, 0.15) is 5.03 Å². The van der Waals surface area contributed by atoms with Gasteiger partial charge >= 0.3 is 0 Å². The van der Waals surface area contributed by atoms with Crippen molar-refractivity contribution in [2.45, 2.75) is 29.5 Å². The lowest BCUT2D eigenvalue weighted by Crippen LogP contribution is -2.30. The Morgan fingerprint density at radius 1 is 1.50 bits per heavy atom. The summed E-state index contributed by atoms with van der Waals surface area (Å²) in [6.45, 7) is 1.50. The van der Waals surface area contributed by atoms with Gasteiger partial charge in [0, 0.05) is 5.69 Å². The first-order valence-corrected chi connectivity index (χ1v) is 6.91. The van der Waals surface area contributed by atoms with Crippen LogP contribution in [-0.4, -0.2) is 34.5 Å². The van der Waals surface area contributed by atoms with Crippen LogP contribution in [0.4, 0.5) is 0 Å². The van der Waals surface area contributed by atoms with E-state index in [2.05, 4.69) is 10.1 Å². The fourth-order valence-electron chi connectivity index (χ4n) is 2.22. The molecule has 3 N–H and O–H groups in total. The van der Waals surface area contributed by atoms with E-state index in [9.17, 15) is 0 Å². The second kappa shape index (κ2) is 4.78. The lowest BCUT2D eigenvalue weighted by atomic mass is 10.1. The third-order valence-corrected chi connectivity index (χ3v) is 4.43. The SMILES string of the molecule is NC(=NO)c1cc2c(nc1SC1COC1)CCC2. The number of hydrogen-bond acceptors (Lipinski definition) is 5. The highest BCUT2D eigenvalue weighted by molar-refractivity contribution is 8.00. The van der Waals surface area contributed by atoms with Crippen molar-refractivity contribution in [3.8, 4) is 0 Å². The molecule has 1 aliphatic carbocycles. The predicted octanol–water partition coefficient (Wildman–Crippen LogP) is 1.16. The molecule has 3 rings (SSSR count). The lowest BCUT2D eigenvalue weighted by molar-refractivity contribution is 0.0454. The van der Waals surface area contributed by atoms with E-state index in [1.807, 2.05) is 6.07 Å². The molecule has 1 aromatic rings. The van der Waals surface area contributed by atoms with Crippen LogP contribution in [0.3, 0.4) is 0 Å². The molecular formula is C12H15N3O2S. The maximum atomic E-state index is 8.87. The highest BCUT2D eigenvalue weighted by Gasteiger charge is 2.25. The number of nitrogens with two attached hydrogens (primary N) is 1. The molecule has 0 spiro atoms. The molecule has 0 aromatic carbocycles. The quantitative estimate of drug-likeness (QED) is 0.371. The van der Waals surface area contributed by atoms with Crippen LogP contribution in [0.15, 0.2) is 16.2 Å². The summed E-state index contributed by atoms with van der Waals surface area (Å²) >= 11 is 1.66. The maximum Gasteiger partial charge on any atom is 0.172 e. The monoisotopic (exact) mass is 265 g/mol. The highest BCUT2D eigenvalue weighted by Crippen LogP contribution is 2.32. The molecule has 96 valence electrons. The molecule has 0 amide bonds. The number of pyridine rings is 1. The van der Waals surface area contributed by atoms with Gasteiger partial charge in [-0.25, -0.2) is 4.98 Å². The number of rotatable bonds is 3. The van der Waals surface area contributed by atoms with Crippen molar-refractivity contribution in [2.75, 3.05) is 13.2 Å². The first-order chi connectivity index (χ1) is 8.78. The van der Waals surface area contributed by atoms with Crippen molar-refractivity contribution in [1.82, 2.24) is 4.98 Å². The van der Waals surface area contributed by atoms with Crippen LogP contribution in [0.1, 0.15) is 23.2 Å². The van der Waals surface area contributed by atoms with E-state index >= 15 is 0 Å². The zero-order valence-electron chi connectivity index (χ0n) is 9.93. The zero-order chi connectivity index (χ0) is 12.5. The van der Waals surface area contributed by atoms with Gasteiger partial charge in [0.2, 0.25) is 0 Å². The van der Waals surface area contributed by atoms with Gasteiger partial charge in [-0.1, -0.05) is 16.9 Å². The van der Waals surface area contributed by atoms with Crippen LogP contribution in [0.25, 0.3) is 0 Å². The molecule has 18 heavy (non-hydrogen) atoms. The van der Waals surface area contributed by atoms with E-state index in [1.54, 1.807) is 11.8 Å². The molecule has 2 aliphatic rings. The summed E-state index contributed by atoms with van der Waals surface area (Å²) in [4.78, 5) is 4.68. The number of fused-ring (bicyclic) bond motifs is 1. The fraction of sp³-hybridized carbons (Fsp3) is 0.500. The number of ether oxygens (including phenoxy) is 1. The summed E-state index contributed by atoms with van der Waals surface area (Å²) in [7, 11) is 0. The number of hydrogen-bond donors (Lipinski definition) is 2. The van der Waals surface area contributed by atoms with E-state index in [0.717, 1.165) is 48.8 Å². The predicted molar refractivity (Wildman–Crippen MR) is 69.2 cm³/mol. The number of aromatic nitrogens is 1. The zero-order valence-corrected chi connectivity index (χ0v) is 10.7. The normalized spacial score (nSPS) is 19.7. The minimum Gasteiger partial charge on any atom is -0.409 e. The summed E-state index contributed by atoms with van der Waals surface area (Å²) < 4.78 is 5.17. The molecule has 1 fully saturated rings. The summed E-state index contributed by atoms with van der Waals surface area (Å²) in [6, 6.07) is 2.02. The van der Waals surface area contributed by atoms with Crippen molar-refractivity contribution >= 4 is 17.6 Å². The van der Waals surface area contributed by atoms with Gasteiger partial charge in [-0.15, -0.1) is 0 Å². The lowest BCUT2D eigenvalue weighted by Gasteiger charge is -2.25. The van der Waals surface area contributed by atoms with Gasteiger partial charge in [0.15, 0.2) is 5.84 Å². The van der Waals surface area contributed by atoms with Gasteiger partial charge in [0.05, 0.1) is 24.0 Å². The minimum atomic E-state index is 0.139. The third kappa shape index (κ3) is 2.06. The highest BCUT2D eigenvalue weighted by atomic mass is 32.2. The second-order valence-corrected chi connectivity index (χ2v) is 5.85.